The lowest BCUT2D eigenvalue weighted by molar-refractivity contribution is -0.278. The van der Waals surface area contributed by atoms with Gasteiger partial charge in [-0.3, -0.25) is 9.89 Å². The van der Waals surface area contributed by atoms with Crippen LogP contribution in [0.15, 0.2) is 24.3 Å². The highest BCUT2D eigenvalue weighted by Gasteiger charge is 2.45. The Labute approximate surface area is 239 Å². The normalized spacial score (nSPS) is 23.0. The molecule has 2 aromatic rings. The molecule has 230 valence electrons. The van der Waals surface area contributed by atoms with Crippen molar-refractivity contribution in [2.75, 3.05) is 32.9 Å². The van der Waals surface area contributed by atoms with E-state index in [0.29, 0.717) is 31.7 Å². The molecule has 13 nitrogen and oxygen atoms in total. The SMILES string of the molecule is CC(C)c1[nH]nc(O[C@@H]2O[C@H](CO)[C@@H](O)[C@H](O)[C@H]2O)c1Cc1ccc(OCCCNC(C)(C)C(=O)NCCO)cc1. The number of rotatable bonds is 15. The minimum atomic E-state index is -1.55. The molecule has 0 radical (unpaired) electrons. The predicted octanol–water partition coefficient (Wildman–Crippen LogP) is -0.452. The minimum absolute atomic E-state index is 0.0894. The van der Waals surface area contributed by atoms with E-state index in [0.717, 1.165) is 16.8 Å². The number of nitrogens with one attached hydrogen (secondary N) is 3. The number of amides is 1. The molecule has 1 aliphatic heterocycles. The molecule has 0 unspecified atom stereocenters. The zero-order chi connectivity index (χ0) is 30.2. The van der Waals surface area contributed by atoms with E-state index < -0.39 is 42.9 Å². The molecule has 0 spiro atoms. The number of carbonyl (C=O) groups excluding carboxylic acids is 1. The third-order valence-corrected chi connectivity index (χ3v) is 6.94. The van der Waals surface area contributed by atoms with Crippen LogP contribution in [0.5, 0.6) is 11.6 Å². The van der Waals surface area contributed by atoms with Crippen molar-refractivity contribution in [2.45, 2.75) is 82.7 Å². The topological polar surface area (TPSA) is 199 Å². The summed E-state index contributed by atoms with van der Waals surface area (Å²) >= 11 is 0. The van der Waals surface area contributed by atoms with Gasteiger partial charge < -0.3 is 50.4 Å². The Morgan fingerprint density at radius 2 is 1.80 bits per heavy atom. The lowest BCUT2D eigenvalue weighted by Gasteiger charge is -2.39. The van der Waals surface area contributed by atoms with Crippen LogP contribution < -0.4 is 20.1 Å². The Morgan fingerprint density at radius 3 is 2.44 bits per heavy atom. The molecule has 5 atom stereocenters. The van der Waals surface area contributed by atoms with Gasteiger partial charge in [-0.2, -0.15) is 0 Å². The number of nitrogens with zero attached hydrogens (tertiary/aromatic N) is 1. The van der Waals surface area contributed by atoms with Crippen molar-refractivity contribution in [3.8, 4) is 11.6 Å². The van der Waals surface area contributed by atoms with Gasteiger partial charge in [-0.25, -0.2) is 0 Å². The van der Waals surface area contributed by atoms with Gasteiger partial charge in [0.15, 0.2) is 0 Å². The summed E-state index contributed by atoms with van der Waals surface area (Å²) in [4.78, 5) is 12.1. The number of carbonyl (C=O) groups is 1. The van der Waals surface area contributed by atoms with E-state index in [2.05, 4.69) is 20.8 Å². The molecule has 1 aromatic heterocycles. The lowest BCUT2D eigenvalue weighted by Crippen LogP contribution is -2.60. The van der Waals surface area contributed by atoms with E-state index in [1.165, 1.54) is 0 Å². The Kier molecular flexibility index (Phi) is 11.9. The first-order chi connectivity index (χ1) is 19.5. The molecule has 1 amide bonds. The van der Waals surface area contributed by atoms with Crippen LogP contribution in [0, 0.1) is 0 Å². The summed E-state index contributed by atoms with van der Waals surface area (Å²) in [5.41, 5.74) is 1.79. The van der Waals surface area contributed by atoms with Gasteiger partial charge in [0.05, 0.1) is 25.4 Å². The molecule has 13 heteroatoms. The zero-order valence-corrected chi connectivity index (χ0v) is 24.0. The van der Waals surface area contributed by atoms with Crippen molar-refractivity contribution >= 4 is 5.91 Å². The monoisotopic (exact) mass is 580 g/mol. The van der Waals surface area contributed by atoms with Gasteiger partial charge in [-0.15, -0.1) is 5.10 Å². The highest BCUT2D eigenvalue weighted by atomic mass is 16.7. The summed E-state index contributed by atoms with van der Waals surface area (Å²) in [6.07, 6.45) is -5.86. The third-order valence-electron chi connectivity index (χ3n) is 6.94. The Hall–Kier alpha value is -2.78. The summed E-state index contributed by atoms with van der Waals surface area (Å²) in [5, 5.41) is 62.0. The number of aliphatic hydroxyl groups excluding tert-OH is 5. The molecular weight excluding hydrogens is 536 g/mol. The highest BCUT2D eigenvalue weighted by molar-refractivity contribution is 5.85. The van der Waals surface area contributed by atoms with Crippen molar-refractivity contribution in [1.29, 1.82) is 0 Å². The molecule has 41 heavy (non-hydrogen) atoms. The highest BCUT2D eigenvalue weighted by Crippen LogP contribution is 2.31. The van der Waals surface area contributed by atoms with Crippen molar-refractivity contribution < 1.29 is 44.5 Å². The molecule has 3 rings (SSSR count). The fraction of sp³-hybridized carbons (Fsp3) is 0.643. The first-order valence-electron chi connectivity index (χ1n) is 13.9. The maximum Gasteiger partial charge on any atom is 0.239 e. The molecule has 0 saturated carbocycles. The first kappa shape index (κ1) is 32.7. The van der Waals surface area contributed by atoms with Crippen LogP contribution in [0.4, 0.5) is 0 Å². The van der Waals surface area contributed by atoms with Crippen LogP contribution in [-0.4, -0.2) is 111 Å². The fourth-order valence-electron chi connectivity index (χ4n) is 4.42. The summed E-state index contributed by atoms with van der Waals surface area (Å²) in [5.74, 6) is 0.802. The number of hydrogen-bond donors (Lipinski definition) is 8. The van der Waals surface area contributed by atoms with Crippen LogP contribution in [0.25, 0.3) is 0 Å². The summed E-state index contributed by atoms with van der Waals surface area (Å²) in [6, 6.07) is 7.58. The molecule has 0 aliphatic carbocycles. The molecular formula is C28H44N4O9. The molecule has 1 saturated heterocycles. The van der Waals surface area contributed by atoms with Crippen LogP contribution in [0.1, 0.15) is 56.9 Å². The van der Waals surface area contributed by atoms with Gasteiger partial charge in [0.1, 0.15) is 30.2 Å². The predicted molar refractivity (Wildman–Crippen MR) is 149 cm³/mol. The molecule has 2 heterocycles. The van der Waals surface area contributed by atoms with E-state index in [9.17, 15) is 25.2 Å². The second-order valence-corrected chi connectivity index (χ2v) is 10.9. The molecule has 1 fully saturated rings. The number of aromatic amines is 1. The molecule has 1 aliphatic rings. The van der Waals surface area contributed by atoms with E-state index in [-0.39, 0.29) is 30.9 Å². The van der Waals surface area contributed by atoms with Crippen LogP contribution in [0.3, 0.4) is 0 Å². The van der Waals surface area contributed by atoms with Crippen LogP contribution >= 0.6 is 0 Å². The van der Waals surface area contributed by atoms with E-state index in [1.807, 2.05) is 38.1 Å². The maximum absolute atomic E-state index is 12.1. The van der Waals surface area contributed by atoms with Gasteiger partial charge in [0.2, 0.25) is 18.1 Å². The van der Waals surface area contributed by atoms with E-state index in [1.54, 1.807) is 13.8 Å². The average molecular weight is 581 g/mol. The summed E-state index contributed by atoms with van der Waals surface area (Å²) < 4.78 is 17.2. The van der Waals surface area contributed by atoms with Gasteiger partial charge >= 0.3 is 0 Å². The Morgan fingerprint density at radius 1 is 1.10 bits per heavy atom. The van der Waals surface area contributed by atoms with Crippen molar-refractivity contribution in [3.05, 3.63) is 41.1 Å². The van der Waals surface area contributed by atoms with Crippen molar-refractivity contribution in [2.24, 2.45) is 0 Å². The van der Waals surface area contributed by atoms with Gasteiger partial charge in [0, 0.05) is 24.2 Å². The third kappa shape index (κ3) is 8.61. The second-order valence-electron chi connectivity index (χ2n) is 10.9. The smallest absolute Gasteiger partial charge is 0.239 e. The van der Waals surface area contributed by atoms with Gasteiger partial charge in [0.25, 0.3) is 0 Å². The fourth-order valence-corrected chi connectivity index (χ4v) is 4.42. The summed E-state index contributed by atoms with van der Waals surface area (Å²) in [6.45, 7) is 8.16. The second kappa shape index (κ2) is 14.9. The van der Waals surface area contributed by atoms with E-state index >= 15 is 0 Å². The number of hydrogen-bond acceptors (Lipinski definition) is 11. The van der Waals surface area contributed by atoms with E-state index in [4.69, 9.17) is 19.3 Å². The van der Waals surface area contributed by atoms with Gasteiger partial charge in [-0.05, 0) is 50.4 Å². The number of aromatic nitrogens is 2. The van der Waals surface area contributed by atoms with Gasteiger partial charge in [-0.1, -0.05) is 26.0 Å². The average Bonchev–Trinajstić information content (AvgIpc) is 3.34. The molecule has 1 aromatic carbocycles. The first-order valence-corrected chi connectivity index (χ1v) is 13.9. The summed E-state index contributed by atoms with van der Waals surface area (Å²) in [7, 11) is 0. The standard InChI is InChI=1S/C28H44N4O9/c1-16(2)21-19(25(32-31-21)41-26-24(37)23(36)22(35)20(15-34)40-26)14-17-6-8-18(9-7-17)39-13-5-10-30-28(3,4)27(38)29-11-12-33/h6-9,16,20,22-24,26,30,33-37H,5,10-15H2,1-4H3,(H,29,38)(H,31,32)/t20-,22-,23+,24-,26+/m1/s1. The van der Waals surface area contributed by atoms with Crippen molar-refractivity contribution in [3.63, 3.8) is 0 Å². The van der Waals surface area contributed by atoms with Crippen LogP contribution in [-0.2, 0) is 16.0 Å². The number of aliphatic hydroxyl groups is 5. The zero-order valence-electron chi connectivity index (χ0n) is 24.0. The number of H-pyrrole nitrogens is 1. The number of benzene rings is 1. The van der Waals surface area contributed by atoms with Crippen molar-refractivity contribution in [1.82, 2.24) is 20.8 Å². The minimum Gasteiger partial charge on any atom is -0.494 e. The molecule has 8 N–H and O–H groups in total. The number of ether oxygens (including phenoxy) is 3. The Balaban J connectivity index is 1.57. The quantitative estimate of drug-likeness (QED) is 0.127. The lowest BCUT2D eigenvalue weighted by atomic mass is 9.98. The largest absolute Gasteiger partial charge is 0.494 e. The Bertz CT molecular complexity index is 1090. The van der Waals surface area contributed by atoms with Crippen LogP contribution in [0.2, 0.25) is 0 Å². The maximum atomic E-state index is 12.1. The molecule has 0 bridgehead atoms.